The normalized spacial score (nSPS) is 11.1. The van der Waals surface area contributed by atoms with Crippen molar-refractivity contribution in [1.29, 1.82) is 0 Å². The van der Waals surface area contributed by atoms with Crippen molar-refractivity contribution in [2.75, 3.05) is 5.32 Å². The molecule has 0 saturated heterocycles. The number of hydrogen-bond donors (Lipinski definition) is 2. The summed E-state index contributed by atoms with van der Waals surface area (Å²) in [6.07, 6.45) is 1.60. The lowest BCUT2D eigenvalue weighted by atomic mass is 10.1. The van der Waals surface area contributed by atoms with Gasteiger partial charge in [-0.15, -0.1) is 0 Å². The lowest BCUT2D eigenvalue weighted by Gasteiger charge is -2.10. The summed E-state index contributed by atoms with van der Waals surface area (Å²) in [6, 6.07) is 18.6. The van der Waals surface area contributed by atoms with Gasteiger partial charge in [0.25, 0.3) is 5.91 Å². The molecule has 0 aliphatic rings. The van der Waals surface area contributed by atoms with E-state index < -0.39 is 10.0 Å². The molecular weight excluding hydrogens is 362 g/mol. The average molecular weight is 381 g/mol. The minimum atomic E-state index is -3.77. The first kappa shape index (κ1) is 18.8. The summed E-state index contributed by atoms with van der Waals surface area (Å²) in [7, 11) is -3.77. The summed E-state index contributed by atoms with van der Waals surface area (Å²) in [5, 5.41) is 2.80. The molecule has 0 aliphatic heterocycles. The number of amides is 1. The van der Waals surface area contributed by atoms with Gasteiger partial charge in [0.05, 0.1) is 17.1 Å². The first-order valence-electron chi connectivity index (χ1n) is 8.32. The number of sulfonamides is 1. The number of benzene rings is 2. The van der Waals surface area contributed by atoms with Crippen LogP contribution in [0.2, 0.25) is 0 Å². The van der Waals surface area contributed by atoms with Crippen molar-refractivity contribution < 1.29 is 13.2 Å². The van der Waals surface area contributed by atoms with E-state index in [1.807, 2.05) is 25.1 Å². The van der Waals surface area contributed by atoms with E-state index >= 15 is 0 Å². The second-order valence-electron chi connectivity index (χ2n) is 5.94. The molecule has 0 fully saturated rings. The van der Waals surface area contributed by atoms with Crippen LogP contribution in [0.5, 0.6) is 0 Å². The molecule has 0 aliphatic carbocycles. The molecule has 1 amide bonds. The molecule has 6 nitrogen and oxygen atoms in total. The van der Waals surface area contributed by atoms with E-state index in [0.29, 0.717) is 11.4 Å². The van der Waals surface area contributed by atoms with Gasteiger partial charge in [-0.05, 0) is 48.9 Å². The van der Waals surface area contributed by atoms with Gasteiger partial charge in [-0.3, -0.25) is 9.78 Å². The molecule has 2 aromatic carbocycles. The van der Waals surface area contributed by atoms with E-state index in [2.05, 4.69) is 15.0 Å². The van der Waals surface area contributed by atoms with Crippen molar-refractivity contribution in [2.45, 2.75) is 18.4 Å². The highest BCUT2D eigenvalue weighted by atomic mass is 32.2. The molecule has 138 valence electrons. The molecule has 1 heterocycles. The lowest BCUT2D eigenvalue weighted by molar-refractivity contribution is 0.102. The van der Waals surface area contributed by atoms with Crippen molar-refractivity contribution >= 4 is 21.6 Å². The van der Waals surface area contributed by atoms with Crippen molar-refractivity contribution in [1.82, 2.24) is 9.71 Å². The van der Waals surface area contributed by atoms with Gasteiger partial charge in [-0.25, -0.2) is 13.1 Å². The standard InChI is InChI=1S/C20H19N3O3S/c1-15-7-2-3-11-19(15)23-20(24)16-8-6-10-18(13-16)27(25,26)22-14-17-9-4-5-12-21-17/h2-13,22H,14H2,1H3,(H,23,24). The van der Waals surface area contributed by atoms with Crippen molar-refractivity contribution in [2.24, 2.45) is 0 Å². The predicted molar refractivity (Wildman–Crippen MR) is 104 cm³/mol. The highest BCUT2D eigenvalue weighted by molar-refractivity contribution is 7.89. The fraction of sp³-hybridized carbons (Fsp3) is 0.100. The number of nitrogens with zero attached hydrogens (tertiary/aromatic N) is 1. The molecule has 3 rings (SSSR count). The first-order chi connectivity index (χ1) is 13.0. The van der Waals surface area contributed by atoms with Crippen LogP contribution in [0.15, 0.2) is 77.8 Å². The molecule has 7 heteroatoms. The number of pyridine rings is 1. The van der Waals surface area contributed by atoms with Crippen LogP contribution in [0.4, 0.5) is 5.69 Å². The maximum absolute atomic E-state index is 12.5. The second kappa shape index (κ2) is 8.11. The van der Waals surface area contributed by atoms with E-state index in [4.69, 9.17) is 0 Å². The van der Waals surface area contributed by atoms with Crippen LogP contribution >= 0.6 is 0 Å². The number of anilines is 1. The number of aromatic nitrogens is 1. The number of carbonyl (C=O) groups excluding carboxylic acids is 1. The zero-order valence-electron chi connectivity index (χ0n) is 14.7. The average Bonchev–Trinajstić information content (AvgIpc) is 2.69. The number of hydrogen-bond acceptors (Lipinski definition) is 4. The Hall–Kier alpha value is -3.03. The number of carbonyl (C=O) groups is 1. The van der Waals surface area contributed by atoms with Crippen LogP contribution in [0.3, 0.4) is 0 Å². The van der Waals surface area contributed by atoms with Crippen LogP contribution in [0.25, 0.3) is 0 Å². The van der Waals surface area contributed by atoms with Crippen LogP contribution in [-0.4, -0.2) is 19.3 Å². The summed E-state index contributed by atoms with van der Waals surface area (Å²) >= 11 is 0. The van der Waals surface area contributed by atoms with Gasteiger partial charge in [0.2, 0.25) is 10.0 Å². The molecule has 0 atom stereocenters. The fourth-order valence-electron chi connectivity index (χ4n) is 2.47. The van der Waals surface area contributed by atoms with E-state index in [1.165, 1.54) is 12.1 Å². The Labute approximate surface area is 158 Å². The van der Waals surface area contributed by atoms with Crippen LogP contribution in [-0.2, 0) is 16.6 Å². The third-order valence-corrected chi connectivity index (χ3v) is 5.37. The van der Waals surface area contributed by atoms with E-state index in [-0.39, 0.29) is 22.9 Å². The third kappa shape index (κ3) is 4.78. The topological polar surface area (TPSA) is 88.2 Å². The van der Waals surface area contributed by atoms with Gasteiger partial charge >= 0.3 is 0 Å². The summed E-state index contributed by atoms with van der Waals surface area (Å²) in [6.45, 7) is 1.96. The number of para-hydroxylation sites is 1. The second-order valence-corrected chi connectivity index (χ2v) is 7.71. The molecule has 0 bridgehead atoms. The van der Waals surface area contributed by atoms with Gasteiger partial charge in [-0.1, -0.05) is 30.3 Å². The Balaban J connectivity index is 1.76. The van der Waals surface area contributed by atoms with Crippen molar-refractivity contribution in [3.05, 3.63) is 89.7 Å². The van der Waals surface area contributed by atoms with E-state index in [0.717, 1.165) is 5.56 Å². The van der Waals surface area contributed by atoms with Crippen molar-refractivity contribution in [3.63, 3.8) is 0 Å². The Bertz CT molecular complexity index is 1050. The molecule has 27 heavy (non-hydrogen) atoms. The molecule has 0 spiro atoms. The zero-order valence-corrected chi connectivity index (χ0v) is 15.5. The summed E-state index contributed by atoms with van der Waals surface area (Å²) in [5.74, 6) is -0.369. The molecular formula is C20H19N3O3S. The van der Waals surface area contributed by atoms with Gasteiger partial charge in [-0.2, -0.15) is 0 Å². The Morgan fingerprint density at radius 2 is 1.78 bits per heavy atom. The quantitative estimate of drug-likeness (QED) is 0.687. The fourth-order valence-corrected chi connectivity index (χ4v) is 3.51. The Kier molecular flexibility index (Phi) is 5.63. The minimum absolute atomic E-state index is 0.0239. The number of rotatable bonds is 6. The zero-order chi connectivity index (χ0) is 19.3. The minimum Gasteiger partial charge on any atom is -0.322 e. The lowest BCUT2D eigenvalue weighted by Crippen LogP contribution is -2.24. The molecule has 0 unspecified atom stereocenters. The van der Waals surface area contributed by atoms with E-state index in [1.54, 1.807) is 42.6 Å². The largest absolute Gasteiger partial charge is 0.322 e. The summed E-state index contributed by atoms with van der Waals surface area (Å²) < 4.78 is 27.5. The predicted octanol–water partition coefficient (Wildman–Crippen LogP) is 3.12. The molecule has 0 saturated carbocycles. The highest BCUT2D eigenvalue weighted by Gasteiger charge is 2.16. The number of aryl methyl sites for hydroxylation is 1. The molecule has 1 aromatic heterocycles. The smallest absolute Gasteiger partial charge is 0.255 e. The van der Waals surface area contributed by atoms with Gasteiger partial charge < -0.3 is 5.32 Å². The first-order valence-corrected chi connectivity index (χ1v) is 9.81. The summed E-state index contributed by atoms with van der Waals surface area (Å²) in [5.41, 5.74) is 2.48. The number of nitrogens with one attached hydrogen (secondary N) is 2. The molecule has 2 N–H and O–H groups in total. The van der Waals surface area contributed by atoms with Gasteiger partial charge in [0, 0.05) is 17.4 Å². The van der Waals surface area contributed by atoms with Gasteiger partial charge in [0.1, 0.15) is 0 Å². The molecule has 3 aromatic rings. The Morgan fingerprint density at radius 3 is 2.52 bits per heavy atom. The van der Waals surface area contributed by atoms with Crippen molar-refractivity contribution in [3.8, 4) is 0 Å². The molecule has 0 radical (unpaired) electrons. The van der Waals surface area contributed by atoms with Crippen LogP contribution in [0.1, 0.15) is 21.6 Å². The maximum Gasteiger partial charge on any atom is 0.255 e. The van der Waals surface area contributed by atoms with Gasteiger partial charge in [0.15, 0.2) is 0 Å². The third-order valence-electron chi connectivity index (χ3n) is 3.97. The highest BCUT2D eigenvalue weighted by Crippen LogP contribution is 2.17. The summed E-state index contributed by atoms with van der Waals surface area (Å²) in [4.78, 5) is 16.6. The Morgan fingerprint density at radius 1 is 1.00 bits per heavy atom. The maximum atomic E-state index is 12.5. The monoisotopic (exact) mass is 381 g/mol. The van der Waals surface area contributed by atoms with Crippen LogP contribution in [0, 0.1) is 6.92 Å². The SMILES string of the molecule is Cc1ccccc1NC(=O)c1cccc(S(=O)(=O)NCc2ccccn2)c1. The van der Waals surface area contributed by atoms with Crippen LogP contribution < -0.4 is 10.0 Å². The van der Waals surface area contributed by atoms with E-state index in [9.17, 15) is 13.2 Å².